The van der Waals surface area contributed by atoms with Gasteiger partial charge in [-0.15, -0.1) is 0 Å². The van der Waals surface area contributed by atoms with E-state index in [2.05, 4.69) is 15.6 Å². The Morgan fingerprint density at radius 3 is 2.34 bits per heavy atom. The second-order valence-electron chi connectivity index (χ2n) is 6.95. The molecule has 0 bridgehead atoms. The number of aryl methyl sites for hydroxylation is 1. The van der Waals surface area contributed by atoms with Crippen molar-refractivity contribution >= 4 is 28.8 Å². The minimum atomic E-state index is -1.01. The Hall–Kier alpha value is -3.29. The number of benzene rings is 2. The predicted molar refractivity (Wildman–Crippen MR) is 106 cm³/mol. The molecule has 0 aliphatic heterocycles. The van der Waals surface area contributed by atoms with Crippen molar-refractivity contribution in [3.05, 3.63) is 59.7 Å². The summed E-state index contributed by atoms with van der Waals surface area (Å²) < 4.78 is 29.6. The normalized spacial score (nSPS) is 12.2. The molecule has 0 saturated heterocycles. The molecule has 152 valence electrons. The highest BCUT2D eigenvalue weighted by molar-refractivity contribution is 6.01. The number of aromatic nitrogens is 2. The molecule has 29 heavy (non-hydrogen) atoms. The average molecular weight is 400 g/mol. The van der Waals surface area contributed by atoms with Gasteiger partial charge in [0.2, 0.25) is 11.9 Å². The summed E-state index contributed by atoms with van der Waals surface area (Å²) in [4.78, 5) is 29.7. The van der Waals surface area contributed by atoms with Crippen LogP contribution in [0.5, 0.6) is 0 Å². The number of fused-ring (bicyclic) bond motifs is 1. The first kappa shape index (κ1) is 20.4. The Morgan fingerprint density at radius 1 is 1.07 bits per heavy atom. The van der Waals surface area contributed by atoms with E-state index in [1.807, 2.05) is 35.8 Å². The van der Waals surface area contributed by atoms with Crippen LogP contribution in [0.2, 0.25) is 0 Å². The van der Waals surface area contributed by atoms with Crippen molar-refractivity contribution in [2.45, 2.75) is 33.4 Å². The van der Waals surface area contributed by atoms with Gasteiger partial charge in [-0.25, -0.2) is 13.8 Å². The molecule has 1 aromatic heterocycles. The van der Waals surface area contributed by atoms with E-state index in [4.69, 9.17) is 0 Å². The molecule has 0 aliphatic carbocycles. The lowest BCUT2D eigenvalue weighted by atomic mass is 10.0. The van der Waals surface area contributed by atoms with Crippen molar-refractivity contribution in [1.82, 2.24) is 14.9 Å². The Balaban J connectivity index is 1.85. The van der Waals surface area contributed by atoms with Crippen LogP contribution in [-0.2, 0) is 11.3 Å². The number of carbonyl (C=O) groups is 2. The molecule has 1 heterocycles. The van der Waals surface area contributed by atoms with Gasteiger partial charge in [-0.1, -0.05) is 32.0 Å². The number of para-hydroxylation sites is 2. The molecule has 1 atom stereocenters. The van der Waals surface area contributed by atoms with Crippen LogP contribution in [0.25, 0.3) is 11.0 Å². The smallest absolute Gasteiger partial charge is 0.257 e. The summed E-state index contributed by atoms with van der Waals surface area (Å²) in [6.45, 7) is 5.96. The van der Waals surface area contributed by atoms with Crippen LogP contribution in [0.1, 0.15) is 31.1 Å². The van der Waals surface area contributed by atoms with E-state index in [1.54, 1.807) is 13.8 Å². The molecule has 2 amide bonds. The Bertz CT molecular complexity index is 1040. The van der Waals surface area contributed by atoms with Crippen LogP contribution in [0, 0.1) is 17.6 Å². The second kappa shape index (κ2) is 8.38. The third-order valence-corrected chi connectivity index (χ3v) is 4.63. The quantitative estimate of drug-likeness (QED) is 0.662. The minimum absolute atomic E-state index is 0.326. The van der Waals surface area contributed by atoms with Crippen molar-refractivity contribution in [3.8, 4) is 0 Å². The number of rotatable bonds is 6. The Labute approximate surface area is 166 Å². The first-order chi connectivity index (χ1) is 13.8. The minimum Gasteiger partial charge on any atom is -0.340 e. The number of anilines is 1. The van der Waals surface area contributed by atoms with E-state index in [-0.39, 0.29) is 5.92 Å². The predicted octanol–water partition coefficient (Wildman–Crippen LogP) is 3.73. The van der Waals surface area contributed by atoms with E-state index < -0.39 is 35.1 Å². The molecule has 0 fully saturated rings. The standard InChI is InChI=1S/C21H22F2N4O2/c1-4-27-16-11-6-5-10-15(16)24-21(27)26-20(29)18(12(2)3)25-19(28)17-13(22)8-7-9-14(17)23/h5-12,18H,4H2,1-3H3,(H,25,28)(H,24,26,29). The van der Waals surface area contributed by atoms with Gasteiger partial charge in [-0.2, -0.15) is 0 Å². The van der Waals surface area contributed by atoms with E-state index in [0.717, 1.165) is 23.2 Å². The van der Waals surface area contributed by atoms with Gasteiger partial charge in [0, 0.05) is 6.54 Å². The van der Waals surface area contributed by atoms with Crippen LogP contribution in [-0.4, -0.2) is 27.4 Å². The van der Waals surface area contributed by atoms with Gasteiger partial charge in [0.15, 0.2) is 0 Å². The van der Waals surface area contributed by atoms with E-state index in [1.165, 1.54) is 6.07 Å². The van der Waals surface area contributed by atoms with Crippen molar-refractivity contribution < 1.29 is 18.4 Å². The number of nitrogens with one attached hydrogen (secondary N) is 2. The fraction of sp³-hybridized carbons (Fsp3) is 0.286. The average Bonchev–Trinajstić information content (AvgIpc) is 3.02. The molecule has 6 nitrogen and oxygen atoms in total. The summed E-state index contributed by atoms with van der Waals surface area (Å²) in [5.74, 6) is -3.46. The van der Waals surface area contributed by atoms with Crippen LogP contribution < -0.4 is 10.6 Å². The van der Waals surface area contributed by atoms with Crippen LogP contribution in [0.15, 0.2) is 42.5 Å². The van der Waals surface area contributed by atoms with Gasteiger partial charge in [-0.3, -0.25) is 14.9 Å². The van der Waals surface area contributed by atoms with Gasteiger partial charge in [0.05, 0.1) is 11.0 Å². The van der Waals surface area contributed by atoms with Crippen molar-refractivity contribution in [1.29, 1.82) is 0 Å². The summed E-state index contributed by atoms with van der Waals surface area (Å²) >= 11 is 0. The summed E-state index contributed by atoms with van der Waals surface area (Å²) in [6, 6.07) is 9.60. The van der Waals surface area contributed by atoms with E-state index in [9.17, 15) is 18.4 Å². The molecule has 3 aromatic rings. The lowest BCUT2D eigenvalue weighted by Crippen LogP contribution is -2.47. The highest BCUT2D eigenvalue weighted by Crippen LogP contribution is 2.20. The van der Waals surface area contributed by atoms with Crippen LogP contribution in [0.3, 0.4) is 0 Å². The molecule has 0 spiro atoms. The molecule has 1 unspecified atom stereocenters. The Kier molecular flexibility index (Phi) is 5.91. The van der Waals surface area contributed by atoms with Gasteiger partial charge < -0.3 is 9.88 Å². The number of hydrogen-bond acceptors (Lipinski definition) is 3. The molecule has 2 aromatic carbocycles. The number of nitrogens with zero attached hydrogens (tertiary/aromatic N) is 2. The lowest BCUT2D eigenvalue weighted by molar-refractivity contribution is -0.119. The monoisotopic (exact) mass is 400 g/mol. The topological polar surface area (TPSA) is 76.0 Å². The van der Waals surface area contributed by atoms with Crippen molar-refractivity contribution in [3.63, 3.8) is 0 Å². The summed E-state index contributed by atoms with van der Waals surface area (Å²) in [7, 11) is 0. The molecule has 0 saturated carbocycles. The number of amides is 2. The molecular weight excluding hydrogens is 378 g/mol. The van der Waals surface area contributed by atoms with E-state index >= 15 is 0 Å². The molecule has 3 rings (SSSR count). The number of carbonyl (C=O) groups excluding carboxylic acids is 2. The van der Waals surface area contributed by atoms with Gasteiger partial charge in [0.25, 0.3) is 5.91 Å². The SMILES string of the molecule is CCn1c(NC(=O)C(NC(=O)c2c(F)cccc2F)C(C)C)nc2ccccc21. The highest BCUT2D eigenvalue weighted by Gasteiger charge is 2.28. The fourth-order valence-electron chi connectivity index (χ4n) is 3.14. The summed E-state index contributed by atoms with van der Waals surface area (Å²) in [5, 5.41) is 5.17. The third-order valence-electron chi connectivity index (χ3n) is 4.63. The van der Waals surface area contributed by atoms with Gasteiger partial charge in [-0.05, 0) is 37.1 Å². The maximum absolute atomic E-state index is 13.9. The van der Waals surface area contributed by atoms with Crippen LogP contribution >= 0.6 is 0 Å². The second-order valence-corrected chi connectivity index (χ2v) is 6.95. The summed E-state index contributed by atoms with van der Waals surface area (Å²) in [6.07, 6.45) is 0. The number of hydrogen-bond donors (Lipinski definition) is 2. The van der Waals surface area contributed by atoms with Crippen LogP contribution in [0.4, 0.5) is 14.7 Å². The van der Waals surface area contributed by atoms with E-state index in [0.29, 0.717) is 12.5 Å². The van der Waals surface area contributed by atoms with Gasteiger partial charge in [0.1, 0.15) is 23.2 Å². The first-order valence-corrected chi connectivity index (χ1v) is 9.34. The van der Waals surface area contributed by atoms with Crippen molar-refractivity contribution in [2.24, 2.45) is 5.92 Å². The third kappa shape index (κ3) is 4.11. The number of halogens is 2. The largest absolute Gasteiger partial charge is 0.340 e. The maximum Gasteiger partial charge on any atom is 0.257 e. The number of imidazole rings is 1. The fourth-order valence-corrected chi connectivity index (χ4v) is 3.14. The lowest BCUT2D eigenvalue weighted by Gasteiger charge is -2.22. The van der Waals surface area contributed by atoms with Crippen molar-refractivity contribution in [2.75, 3.05) is 5.32 Å². The zero-order chi connectivity index (χ0) is 21.1. The molecule has 2 N–H and O–H groups in total. The molecular formula is C21H22F2N4O2. The van der Waals surface area contributed by atoms with Gasteiger partial charge >= 0.3 is 0 Å². The Morgan fingerprint density at radius 2 is 1.72 bits per heavy atom. The zero-order valence-corrected chi connectivity index (χ0v) is 16.4. The first-order valence-electron chi connectivity index (χ1n) is 9.34. The molecule has 8 heteroatoms. The molecule has 0 radical (unpaired) electrons. The maximum atomic E-state index is 13.9. The zero-order valence-electron chi connectivity index (χ0n) is 16.4. The summed E-state index contributed by atoms with van der Waals surface area (Å²) in [5.41, 5.74) is 0.874. The molecule has 0 aliphatic rings. The highest BCUT2D eigenvalue weighted by atomic mass is 19.1.